The van der Waals surface area contributed by atoms with Crippen molar-refractivity contribution in [1.82, 2.24) is 0 Å². The van der Waals surface area contributed by atoms with E-state index in [0.29, 0.717) is 6.61 Å². The van der Waals surface area contributed by atoms with E-state index in [9.17, 15) is 5.11 Å². The molecule has 1 heterocycles. The van der Waals surface area contributed by atoms with E-state index < -0.39 is 0 Å². The summed E-state index contributed by atoms with van der Waals surface area (Å²) in [5, 5.41) is 11.5. The van der Waals surface area contributed by atoms with Crippen molar-refractivity contribution in [2.45, 2.75) is 20.5 Å². The van der Waals surface area contributed by atoms with Crippen LogP contribution in [0.3, 0.4) is 0 Å². The average Bonchev–Trinajstić information content (AvgIpc) is 3.21. The number of benzene rings is 2. The summed E-state index contributed by atoms with van der Waals surface area (Å²) in [6, 6.07) is 18.6. The fraction of sp³-hybridized carbons (Fsp3) is 0.167. The minimum atomic E-state index is 0.0356. The Morgan fingerprint density at radius 1 is 1.11 bits per heavy atom. The van der Waals surface area contributed by atoms with E-state index in [2.05, 4.69) is 48.4 Å². The van der Waals surface area contributed by atoms with E-state index in [-0.39, 0.29) is 6.61 Å². The van der Waals surface area contributed by atoms with Gasteiger partial charge < -0.3 is 15.6 Å². The van der Waals surface area contributed by atoms with E-state index in [1.54, 1.807) is 11.3 Å². The van der Waals surface area contributed by atoms with E-state index in [4.69, 9.17) is 4.74 Å². The molecule has 3 nitrogen and oxygen atoms in total. The van der Waals surface area contributed by atoms with Gasteiger partial charge in [-0.3, -0.25) is 0 Å². The van der Waals surface area contributed by atoms with Crippen LogP contribution in [0.1, 0.15) is 22.9 Å². The zero-order chi connectivity index (χ0) is 19.9. The standard InChI is InChI=1S/C24H25NO2S/c1-17-8-9-23(27-16-19-6-4-3-5-7-19)22(13-17)21-10-11-28-24(21)20(14-25)12-18(2)15-26/h3-14,26H,15-16,25H2,1-2H3/p+1/b18-12+,20-14+. The molecular weight excluding hydrogens is 366 g/mol. The van der Waals surface area contributed by atoms with Crippen molar-refractivity contribution in [3.05, 3.63) is 93.8 Å². The highest BCUT2D eigenvalue weighted by molar-refractivity contribution is 7.11. The van der Waals surface area contributed by atoms with Crippen molar-refractivity contribution in [2.75, 3.05) is 6.61 Å². The fourth-order valence-electron chi connectivity index (χ4n) is 2.99. The molecule has 0 atom stereocenters. The number of ether oxygens (including phenoxy) is 1. The van der Waals surface area contributed by atoms with Gasteiger partial charge in [0.25, 0.3) is 0 Å². The van der Waals surface area contributed by atoms with Crippen LogP contribution in [0, 0.1) is 6.92 Å². The minimum Gasteiger partial charge on any atom is -0.488 e. The maximum absolute atomic E-state index is 9.39. The van der Waals surface area contributed by atoms with Crippen molar-refractivity contribution >= 4 is 16.9 Å². The molecule has 4 N–H and O–H groups in total. The molecule has 0 unspecified atom stereocenters. The average molecular weight is 393 g/mol. The van der Waals surface area contributed by atoms with Crippen LogP contribution < -0.4 is 10.5 Å². The quantitative estimate of drug-likeness (QED) is 0.566. The van der Waals surface area contributed by atoms with Gasteiger partial charge in [-0.15, -0.1) is 11.3 Å². The first kappa shape index (κ1) is 20.1. The third-order valence-corrected chi connectivity index (χ3v) is 5.42. The van der Waals surface area contributed by atoms with Gasteiger partial charge in [-0.25, -0.2) is 0 Å². The number of rotatable bonds is 7. The topological polar surface area (TPSA) is 57.1 Å². The third-order valence-electron chi connectivity index (χ3n) is 4.46. The Labute approximate surface area is 170 Å². The van der Waals surface area contributed by atoms with Gasteiger partial charge in [0, 0.05) is 21.6 Å². The predicted octanol–water partition coefficient (Wildman–Crippen LogP) is 4.82. The van der Waals surface area contributed by atoms with Crippen molar-refractivity contribution in [1.29, 1.82) is 0 Å². The van der Waals surface area contributed by atoms with Crippen LogP contribution in [-0.2, 0) is 6.61 Å². The molecule has 144 valence electrons. The fourth-order valence-corrected chi connectivity index (χ4v) is 3.91. The van der Waals surface area contributed by atoms with Crippen LogP contribution >= 0.6 is 11.3 Å². The molecule has 3 aromatic rings. The van der Waals surface area contributed by atoms with Crippen LogP contribution in [0.15, 0.2) is 77.8 Å². The summed E-state index contributed by atoms with van der Waals surface area (Å²) in [6.07, 6.45) is 3.83. The molecule has 0 saturated carbocycles. The lowest BCUT2D eigenvalue weighted by Crippen LogP contribution is -2.39. The van der Waals surface area contributed by atoms with Crippen LogP contribution in [0.25, 0.3) is 16.7 Å². The second kappa shape index (κ2) is 9.51. The highest BCUT2D eigenvalue weighted by Gasteiger charge is 2.15. The molecular formula is C24H26NO2S+. The summed E-state index contributed by atoms with van der Waals surface area (Å²) in [4.78, 5) is 1.12. The van der Waals surface area contributed by atoms with Crippen molar-refractivity contribution in [3.8, 4) is 16.9 Å². The van der Waals surface area contributed by atoms with Gasteiger partial charge in [-0.1, -0.05) is 42.0 Å². The first-order valence-corrected chi connectivity index (χ1v) is 10.1. The maximum atomic E-state index is 9.39. The Balaban J connectivity index is 1.98. The first-order valence-electron chi connectivity index (χ1n) is 9.25. The van der Waals surface area contributed by atoms with Gasteiger partial charge >= 0.3 is 0 Å². The van der Waals surface area contributed by atoms with Crippen LogP contribution in [0.4, 0.5) is 0 Å². The Hall–Kier alpha value is -2.66. The zero-order valence-electron chi connectivity index (χ0n) is 16.3. The number of quaternary nitrogens is 1. The molecule has 0 spiro atoms. The van der Waals surface area contributed by atoms with E-state index in [1.165, 1.54) is 5.56 Å². The molecule has 3 rings (SSSR count). The summed E-state index contributed by atoms with van der Waals surface area (Å²) >= 11 is 1.67. The second-order valence-electron chi connectivity index (χ2n) is 6.75. The molecule has 2 aromatic carbocycles. The van der Waals surface area contributed by atoms with Gasteiger partial charge in [-0.2, -0.15) is 0 Å². The Bertz CT molecular complexity index is 987. The maximum Gasteiger partial charge on any atom is 0.127 e. The smallest absolute Gasteiger partial charge is 0.127 e. The van der Waals surface area contributed by atoms with Gasteiger partial charge in [0.05, 0.1) is 12.8 Å². The van der Waals surface area contributed by atoms with E-state index in [0.717, 1.165) is 38.5 Å². The molecule has 1 aromatic heterocycles. The molecule has 0 radical (unpaired) electrons. The predicted molar refractivity (Wildman–Crippen MR) is 117 cm³/mol. The molecule has 0 aliphatic rings. The molecule has 0 amide bonds. The number of allylic oxidation sites excluding steroid dienone is 2. The minimum absolute atomic E-state index is 0.0356. The van der Waals surface area contributed by atoms with Crippen molar-refractivity contribution in [3.63, 3.8) is 0 Å². The van der Waals surface area contributed by atoms with Crippen LogP contribution in [0.2, 0.25) is 0 Å². The molecule has 4 heteroatoms. The SMILES string of the molecule is C/C(=C\C(=C/[NH3+])c1sccc1-c1cc(C)ccc1OCc1ccccc1)CO. The molecule has 0 aliphatic heterocycles. The van der Waals surface area contributed by atoms with E-state index >= 15 is 0 Å². The molecule has 28 heavy (non-hydrogen) atoms. The van der Waals surface area contributed by atoms with Crippen LogP contribution in [-0.4, -0.2) is 11.7 Å². The molecule has 0 fully saturated rings. The summed E-state index contributed by atoms with van der Waals surface area (Å²) in [6.45, 7) is 4.56. The lowest BCUT2D eigenvalue weighted by molar-refractivity contribution is -0.273. The number of thiophene rings is 1. The first-order chi connectivity index (χ1) is 13.6. The summed E-state index contributed by atoms with van der Waals surface area (Å²) < 4.78 is 6.19. The van der Waals surface area contributed by atoms with Crippen LogP contribution in [0.5, 0.6) is 5.75 Å². The highest BCUT2D eigenvalue weighted by Crippen LogP contribution is 2.39. The summed E-state index contributed by atoms with van der Waals surface area (Å²) in [5.74, 6) is 0.861. The lowest BCUT2D eigenvalue weighted by atomic mass is 9.99. The second-order valence-corrected chi connectivity index (χ2v) is 7.66. The number of aryl methyl sites for hydroxylation is 1. The lowest BCUT2D eigenvalue weighted by Gasteiger charge is -2.14. The van der Waals surface area contributed by atoms with Gasteiger partial charge in [0.1, 0.15) is 12.4 Å². The number of hydrogen-bond donors (Lipinski definition) is 2. The summed E-state index contributed by atoms with van der Waals surface area (Å²) in [5.41, 5.74) is 10.4. The van der Waals surface area contributed by atoms with E-state index in [1.807, 2.05) is 43.5 Å². The third kappa shape index (κ3) is 4.78. The Kier molecular flexibility index (Phi) is 6.82. The largest absolute Gasteiger partial charge is 0.488 e. The Morgan fingerprint density at radius 3 is 2.61 bits per heavy atom. The number of hydrogen-bond acceptors (Lipinski definition) is 3. The normalized spacial score (nSPS) is 12.3. The van der Waals surface area contributed by atoms with Gasteiger partial charge in [0.2, 0.25) is 0 Å². The monoisotopic (exact) mass is 392 g/mol. The van der Waals surface area contributed by atoms with Gasteiger partial charge in [-0.05, 0) is 54.6 Å². The van der Waals surface area contributed by atoms with Gasteiger partial charge in [0.15, 0.2) is 0 Å². The van der Waals surface area contributed by atoms with Crippen molar-refractivity contribution in [2.24, 2.45) is 0 Å². The Morgan fingerprint density at radius 2 is 1.89 bits per heavy atom. The zero-order valence-corrected chi connectivity index (χ0v) is 17.1. The molecule has 0 aliphatic carbocycles. The summed E-state index contributed by atoms with van der Waals surface area (Å²) in [7, 11) is 0. The number of aliphatic hydroxyl groups excluding tert-OH is 1. The number of aliphatic hydroxyl groups is 1. The molecule has 0 saturated heterocycles. The molecule has 0 bridgehead atoms. The van der Waals surface area contributed by atoms with Crippen molar-refractivity contribution < 1.29 is 15.6 Å². The highest BCUT2D eigenvalue weighted by atomic mass is 32.1.